The third-order valence-electron chi connectivity index (χ3n) is 4.43. The van der Waals surface area contributed by atoms with E-state index < -0.39 is 0 Å². The minimum Gasteiger partial charge on any atom is -0.334 e. The summed E-state index contributed by atoms with van der Waals surface area (Å²) in [5, 5.41) is 0. The first-order valence-corrected chi connectivity index (χ1v) is 7.94. The van der Waals surface area contributed by atoms with Gasteiger partial charge in [0.15, 0.2) is 0 Å². The fourth-order valence-corrected chi connectivity index (χ4v) is 3.37. The predicted octanol–water partition coefficient (Wildman–Crippen LogP) is 2.64. The predicted molar refractivity (Wildman–Crippen MR) is 86.8 cm³/mol. The number of hydrogen-bond donors (Lipinski definition) is 0. The van der Waals surface area contributed by atoms with Crippen LogP contribution in [0.3, 0.4) is 0 Å². The van der Waals surface area contributed by atoms with E-state index in [0.29, 0.717) is 6.42 Å². The van der Waals surface area contributed by atoms with E-state index >= 15 is 0 Å². The Morgan fingerprint density at radius 2 is 2.09 bits per heavy atom. The molecule has 1 saturated heterocycles. The highest BCUT2D eigenvalue weighted by atomic mass is 16.2. The minimum atomic E-state index is 0.115. The molecule has 1 aliphatic heterocycles. The number of hydrogen-bond acceptors (Lipinski definition) is 3. The van der Waals surface area contributed by atoms with Crippen molar-refractivity contribution in [2.45, 2.75) is 25.3 Å². The number of pyridine rings is 2. The van der Waals surface area contributed by atoms with Crippen LogP contribution in [0.15, 0.2) is 55.0 Å². The van der Waals surface area contributed by atoms with Gasteiger partial charge in [-0.3, -0.25) is 9.78 Å². The molecule has 4 heterocycles. The molecule has 0 unspecified atom stereocenters. The number of likely N-dealkylation sites (tertiary alicyclic amines) is 1. The number of fused-ring (bicyclic) bond motifs is 1. The van der Waals surface area contributed by atoms with Gasteiger partial charge >= 0.3 is 0 Å². The van der Waals surface area contributed by atoms with Crippen molar-refractivity contribution in [3.05, 3.63) is 66.4 Å². The summed E-state index contributed by atoms with van der Waals surface area (Å²) in [6.07, 6.45) is 7.88. The van der Waals surface area contributed by atoms with E-state index in [2.05, 4.69) is 20.4 Å². The zero-order chi connectivity index (χ0) is 15.6. The van der Waals surface area contributed by atoms with Crippen molar-refractivity contribution in [1.82, 2.24) is 19.3 Å². The van der Waals surface area contributed by atoms with Crippen LogP contribution in [-0.4, -0.2) is 31.7 Å². The Bertz CT molecular complexity index is 827. The Morgan fingerprint density at radius 3 is 2.96 bits per heavy atom. The van der Waals surface area contributed by atoms with E-state index in [0.717, 1.165) is 36.4 Å². The van der Waals surface area contributed by atoms with Gasteiger partial charge in [-0.2, -0.15) is 0 Å². The normalized spacial score (nSPS) is 17.7. The molecular formula is C18H18N4O. The quantitative estimate of drug-likeness (QED) is 0.747. The number of nitrogens with zero attached hydrogens (tertiary/aromatic N) is 4. The summed E-state index contributed by atoms with van der Waals surface area (Å²) in [6.45, 7) is 0.807. The summed E-state index contributed by atoms with van der Waals surface area (Å²) in [5.41, 5.74) is 2.88. The smallest absolute Gasteiger partial charge is 0.229 e. The number of carbonyl (C=O) groups is 1. The fourth-order valence-electron chi connectivity index (χ4n) is 3.37. The first kappa shape index (κ1) is 13.9. The lowest BCUT2D eigenvalue weighted by atomic mass is 10.1. The van der Waals surface area contributed by atoms with E-state index in [1.165, 1.54) is 0 Å². The maximum atomic E-state index is 12.7. The highest BCUT2D eigenvalue weighted by Crippen LogP contribution is 2.32. The molecule has 1 atom stereocenters. The molecule has 0 spiro atoms. The minimum absolute atomic E-state index is 0.115. The van der Waals surface area contributed by atoms with Crippen molar-refractivity contribution >= 4 is 11.6 Å². The largest absolute Gasteiger partial charge is 0.334 e. The topological polar surface area (TPSA) is 50.5 Å². The Morgan fingerprint density at radius 1 is 1.13 bits per heavy atom. The van der Waals surface area contributed by atoms with Gasteiger partial charge in [-0.25, -0.2) is 4.98 Å². The zero-order valence-electron chi connectivity index (χ0n) is 12.8. The number of carbonyl (C=O) groups excluding carboxylic acids is 1. The second kappa shape index (κ2) is 5.83. The molecule has 4 rings (SSSR count). The van der Waals surface area contributed by atoms with Crippen molar-refractivity contribution in [2.24, 2.45) is 0 Å². The maximum Gasteiger partial charge on any atom is 0.229 e. The van der Waals surface area contributed by atoms with E-state index in [-0.39, 0.29) is 11.9 Å². The Kier molecular flexibility index (Phi) is 3.54. The summed E-state index contributed by atoms with van der Waals surface area (Å²) in [7, 11) is 0. The van der Waals surface area contributed by atoms with Crippen LogP contribution < -0.4 is 0 Å². The van der Waals surface area contributed by atoms with Gasteiger partial charge in [-0.05, 0) is 37.1 Å². The molecule has 3 aromatic rings. The van der Waals surface area contributed by atoms with Crippen LogP contribution >= 0.6 is 0 Å². The Balaban J connectivity index is 1.61. The summed E-state index contributed by atoms with van der Waals surface area (Å²) < 4.78 is 2.08. The molecule has 5 heteroatoms. The van der Waals surface area contributed by atoms with Gasteiger partial charge in [-0.15, -0.1) is 0 Å². The second-order valence-corrected chi connectivity index (χ2v) is 5.85. The van der Waals surface area contributed by atoms with Gasteiger partial charge in [-0.1, -0.05) is 12.1 Å². The monoisotopic (exact) mass is 306 g/mol. The molecule has 1 amide bonds. The average Bonchev–Trinajstić information content (AvgIpc) is 3.24. The van der Waals surface area contributed by atoms with Crippen molar-refractivity contribution in [2.75, 3.05) is 6.54 Å². The van der Waals surface area contributed by atoms with Gasteiger partial charge < -0.3 is 9.30 Å². The molecule has 0 aliphatic carbocycles. The highest BCUT2D eigenvalue weighted by molar-refractivity contribution is 5.79. The van der Waals surface area contributed by atoms with Crippen LogP contribution in [0.25, 0.3) is 5.65 Å². The van der Waals surface area contributed by atoms with Crippen LogP contribution in [0.5, 0.6) is 0 Å². The van der Waals surface area contributed by atoms with E-state index in [4.69, 9.17) is 0 Å². The third-order valence-corrected chi connectivity index (χ3v) is 4.43. The molecular weight excluding hydrogens is 288 g/mol. The maximum absolute atomic E-state index is 12.7. The SMILES string of the molecule is O=C(Cc1ccccn1)N1CCC[C@H]1c1cccc2nccn12. The van der Waals surface area contributed by atoms with E-state index in [1.54, 1.807) is 12.4 Å². The summed E-state index contributed by atoms with van der Waals surface area (Å²) in [6, 6.07) is 11.9. The molecule has 23 heavy (non-hydrogen) atoms. The molecule has 0 aromatic carbocycles. The van der Waals surface area contributed by atoms with Gasteiger partial charge in [0, 0.05) is 36.5 Å². The average molecular weight is 306 g/mol. The first-order valence-electron chi connectivity index (χ1n) is 7.94. The number of amides is 1. The molecule has 0 N–H and O–H groups in total. The van der Waals surface area contributed by atoms with Crippen LogP contribution in [0.2, 0.25) is 0 Å². The number of rotatable bonds is 3. The highest BCUT2D eigenvalue weighted by Gasteiger charge is 2.31. The molecule has 1 fully saturated rings. The van der Waals surface area contributed by atoms with Gasteiger partial charge in [0.05, 0.1) is 12.5 Å². The lowest BCUT2D eigenvalue weighted by molar-refractivity contribution is -0.131. The number of imidazole rings is 1. The zero-order valence-corrected chi connectivity index (χ0v) is 12.8. The second-order valence-electron chi connectivity index (χ2n) is 5.85. The lowest BCUT2D eigenvalue weighted by Gasteiger charge is -2.25. The van der Waals surface area contributed by atoms with Gasteiger partial charge in [0.25, 0.3) is 0 Å². The molecule has 0 bridgehead atoms. The fraction of sp³-hybridized carbons (Fsp3) is 0.278. The molecule has 1 aliphatic rings. The van der Waals surface area contributed by atoms with Crippen LogP contribution in [0.4, 0.5) is 0 Å². The first-order chi connectivity index (χ1) is 11.3. The van der Waals surface area contributed by atoms with Gasteiger partial charge in [0.1, 0.15) is 5.65 Å². The molecule has 0 radical (unpaired) electrons. The van der Waals surface area contributed by atoms with Crippen molar-refractivity contribution in [3.63, 3.8) is 0 Å². The Labute approximate surface area is 134 Å². The molecule has 3 aromatic heterocycles. The summed E-state index contributed by atoms with van der Waals surface area (Å²) in [4.78, 5) is 23.3. The number of aromatic nitrogens is 3. The lowest BCUT2D eigenvalue weighted by Crippen LogP contribution is -2.32. The van der Waals surface area contributed by atoms with Crippen molar-refractivity contribution in [3.8, 4) is 0 Å². The molecule has 5 nitrogen and oxygen atoms in total. The Hall–Kier alpha value is -2.69. The van der Waals surface area contributed by atoms with Gasteiger partial charge in [0.2, 0.25) is 5.91 Å². The van der Waals surface area contributed by atoms with Crippen LogP contribution in [0.1, 0.15) is 30.3 Å². The van der Waals surface area contributed by atoms with Crippen LogP contribution in [0, 0.1) is 0 Å². The molecule has 116 valence electrons. The molecule has 0 saturated carbocycles. The van der Waals surface area contributed by atoms with Crippen molar-refractivity contribution in [1.29, 1.82) is 0 Å². The van der Waals surface area contributed by atoms with Crippen LogP contribution in [-0.2, 0) is 11.2 Å². The van der Waals surface area contributed by atoms with E-state index in [9.17, 15) is 4.79 Å². The summed E-state index contributed by atoms with van der Waals surface area (Å²) in [5.74, 6) is 0.142. The summed E-state index contributed by atoms with van der Waals surface area (Å²) >= 11 is 0. The van der Waals surface area contributed by atoms with Crippen molar-refractivity contribution < 1.29 is 4.79 Å². The van der Waals surface area contributed by atoms with E-state index in [1.807, 2.05) is 41.4 Å². The standard InChI is InChI=1S/C18H18N4O/c23-18(13-14-5-1-2-9-19-14)22-11-4-7-16(22)15-6-3-8-17-20-10-12-21(15)17/h1-3,5-6,8-10,12,16H,4,7,11,13H2/t16-/m0/s1. The third kappa shape index (κ3) is 2.59.